The van der Waals surface area contributed by atoms with Crippen molar-refractivity contribution in [3.8, 4) is 66.9 Å². The Morgan fingerprint density at radius 2 is 0.911 bits per heavy atom. The molecule has 4 heteroatoms. The Kier molecular flexibility index (Phi) is 7.68. The van der Waals surface area contributed by atoms with E-state index in [1.165, 1.54) is 53.6 Å². The zero-order chi connectivity index (χ0) is 37.0. The third-order valence-corrected chi connectivity index (χ3v) is 12.1. The van der Waals surface area contributed by atoms with Crippen LogP contribution in [0.5, 0.6) is 0 Å². The van der Waals surface area contributed by atoms with Crippen molar-refractivity contribution in [3.05, 3.63) is 194 Å². The summed E-state index contributed by atoms with van der Waals surface area (Å²) >= 11 is 1.86. The van der Waals surface area contributed by atoms with Gasteiger partial charge in [0.2, 0.25) is 0 Å². The first-order valence-electron chi connectivity index (χ1n) is 18.8. The zero-order valence-corrected chi connectivity index (χ0v) is 31.0. The summed E-state index contributed by atoms with van der Waals surface area (Å²) in [4.78, 5) is 9.49. The number of rotatable bonds is 6. The second-order valence-corrected chi connectivity index (χ2v) is 15.2. The normalized spacial score (nSPS) is 11.6. The summed E-state index contributed by atoms with van der Waals surface area (Å²) in [7, 11) is 0. The average Bonchev–Trinajstić information content (AvgIpc) is 3.85. The molecular weight excluding hydrogens is 701 g/mol. The minimum Gasteiger partial charge on any atom is -0.452 e. The van der Waals surface area contributed by atoms with Crippen LogP contribution in [0.25, 0.3) is 109 Å². The highest BCUT2D eigenvalue weighted by Gasteiger charge is 2.17. The molecule has 56 heavy (non-hydrogen) atoms. The van der Waals surface area contributed by atoms with E-state index in [1.807, 2.05) is 17.4 Å². The smallest absolute Gasteiger partial charge is 0.180 e. The first-order valence-corrected chi connectivity index (χ1v) is 19.6. The fourth-order valence-electron chi connectivity index (χ4n) is 7.99. The maximum absolute atomic E-state index is 6.51. The van der Waals surface area contributed by atoms with Gasteiger partial charge in [0.25, 0.3) is 0 Å². The molecule has 0 amide bonds. The van der Waals surface area contributed by atoms with Crippen molar-refractivity contribution in [3.63, 3.8) is 0 Å². The van der Waals surface area contributed by atoms with Crippen LogP contribution >= 0.6 is 11.3 Å². The molecule has 3 nitrogen and oxygen atoms in total. The van der Waals surface area contributed by atoms with Crippen molar-refractivity contribution >= 4 is 53.6 Å². The molecule has 0 aliphatic carbocycles. The Bertz CT molecular complexity index is 3230. The molecule has 11 aromatic rings. The second kappa shape index (κ2) is 13.3. The summed E-state index contributed by atoms with van der Waals surface area (Å²) in [6.07, 6.45) is 1.65. The molecule has 0 aliphatic heterocycles. The Labute approximate surface area is 327 Å². The SMILES string of the molecule is c1ccc(-c2ccc(-c3cccc(-c4ccc5oc6c(-c7cccc(-c8ccc(-c9cccc%10c9sc9ccccc9%10)cc8)c7)ncnc6c5c4)c3)cc2)cc1. The quantitative estimate of drug-likeness (QED) is 0.171. The van der Waals surface area contributed by atoms with Gasteiger partial charge in [0.1, 0.15) is 23.1 Å². The largest absolute Gasteiger partial charge is 0.452 e. The van der Waals surface area contributed by atoms with Crippen molar-refractivity contribution in [2.45, 2.75) is 0 Å². The van der Waals surface area contributed by atoms with Gasteiger partial charge in [0, 0.05) is 31.1 Å². The number of hydrogen-bond acceptors (Lipinski definition) is 4. The molecule has 0 fully saturated rings. The minimum atomic E-state index is 0.691. The van der Waals surface area contributed by atoms with Crippen LogP contribution in [0.4, 0.5) is 0 Å². The zero-order valence-electron chi connectivity index (χ0n) is 30.2. The van der Waals surface area contributed by atoms with Crippen molar-refractivity contribution in [2.24, 2.45) is 0 Å². The predicted molar refractivity (Wildman–Crippen MR) is 235 cm³/mol. The third kappa shape index (κ3) is 5.58. The van der Waals surface area contributed by atoms with Gasteiger partial charge in [0.15, 0.2) is 5.58 Å². The van der Waals surface area contributed by atoms with Gasteiger partial charge in [-0.05, 0) is 86.0 Å². The number of fused-ring (bicyclic) bond motifs is 6. The molecule has 262 valence electrons. The van der Waals surface area contributed by atoms with Crippen molar-refractivity contribution in [1.29, 1.82) is 0 Å². The molecule has 3 aromatic heterocycles. The molecule has 0 N–H and O–H groups in total. The van der Waals surface area contributed by atoms with Gasteiger partial charge in [-0.25, -0.2) is 9.97 Å². The summed E-state index contributed by atoms with van der Waals surface area (Å²) in [5.41, 5.74) is 15.8. The lowest BCUT2D eigenvalue weighted by Gasteiger charge is -2.08. The average molecular weight is 733 g/mol. The van der Waals surface area contributed by atoms with Crippen LogP contribution in [-0.4, -0.2) is 9.97 Å². The van der Waals surface area contributed by atoms with Gasteiger partial charge in [0.05, 0.1) is 0 Å². The van der Waals surface area contributed by atoms with E-state index in [-0.39, 0.29) is 0 Å². The van der Waals surface area contributed by atoms with E-state index in [4.69, 9.17) is 14.4 Å². The minimum absolute atomic E-state index is 0.691. The van der Waals surface area contributed by atoms with E-state index in [0.29, 0.717) is 5.58 Å². The molecule has 0 radical (unpaired) electrons. The summed E-state index contributed by atoms with van der Waals surface area (Å²) in [5, 5.41) is 3.60. The second-order valence-electron chi connectivity index (χ2n) is 14.2. The third-order valence-electron chi connectivity index (χ3n) is 10.8. The molecule has 0 saturated carbocycles. The molecule has 8 aromatic carbocycles. The van der Waals surface area contributed by atoms with Gasteiger partial charge in [-0.3, -0.25) is 0 Å². The summed E-state index contributed by atoms with van der Waals surface area (Å²) < 4.78 is 9.16. The highest BCUT2D eigenvalue weighted by molar-refractivity contribution is 7.26. The maximum atomic E-state index is 6.51. The molecule has 0 saturated heterocycles. The molecular formula is C52H32N2OS. The van der Waals surface area contributed by atoms with Crippen LogP contribution in [-0.2, 0) is 0 Å². The van der Waals surface area contributed by atoms with Gasteiger partial charge in [-0.2, -0.15) is 0 Å². The highest BCUT2D eigenvalue weighted by Crippen LogP contribution is 2.41. The monoisotopic (exact) mass is 732 g/mol. The molecule has 0 spiro atoms. The first kappa shape index (κ1) is 32.3. The summed E-state index contributed by atoms with van der Waals surface area (Å²) in [6.45, 7) is 0. The van der Waals surface area contributed by atoms with Gasteiger partial charge in [-0.15, -0.1) is 11.3 Å². The van der Waals surface area contributed by atoms with E-state index < -0.39 is 0 Å². The van der Waals surface area contributed by atoms with Gasteiger partial charge in [-0.1, -0.05) is 158 Å². The lowest BCUT2D eigenvalue weighted by atomic mass is 9.96. The number of benzene rings is 8. The topological polar surface area (TPSA) is 38.9 Å². The number of hydrogen-bond donors (Lipinski definition) is 0. The van der Waals surface area contributed by atoms with Crippen LogP contribution in [0.1, 0.15) is 0 Å². The molecule has 0 atom stereocenters. The Hall–Kier alpha value is -7.14. The van der Waals surface area contributed by atoms with Crippen molar-refractivity contribution in [2.75, 3.05) is 0 Å². The van der Waals surface area contributed by atoms with E-state index in [2.05, 4.69) is 182 Å². The summed E-state index contributed by atoms with van der Waals surface area (Å²) in [6, 6.07) is 67.1. The highest BCUT2D eigenvalue weighted by atomic mass is 32.1. The Morgan fingerprint density at radius 1 is 0.375 bits per heavy atom. The molecule has 3 heterocycles. The molecule has 0 bridgehead atoms. The van der Waals surface area contributed by atoms with E-state index in [1.54, 1.807) is 6.33 Å². The van der Waals surface area contributed by atoms with Crippen molar-refractivity contribution in [1.82, 2.24) is 9.97 Å². The van der Waals surface area contributed by atoms with Gasteiger partial charge >= 0.3 is 0 Å². The number of furan rings is 1. The molecule has 0 unspecified atom stereocenters. The maximum Gasteiger partial charge on any atom is 0.180 e. The number of aromatic nitrogens is 2. The number of thiophene rings is 1. The van der Waals surface area contributed by atoms with Crippen LogP contribution in [0, 0.1) is 0 Å². The standard InChI is InChI=1S/C52H32N2OS/c1-2-9-33(10-3-1)34-19-21-35(22-20-34)38-11-6-13-40(29-38)41-27-28-47-46(31-41)50-51(55-47)49(53-32-54-50)42-14-7-12-39(30-42)36-23-25-37(26-24-36)43-16-8-17-45-44-15-4-5-18-48(44)56-52(43)45/h1-32H. The van der Waals surface area contributed by atoms with Crippen LogP contribution in [0.2, 0.25) is 0 Å². The lowest BCUT2D eigenvalue weighted by Crippen LogP contribution is -1.88. The Morgan fingerprint density at radius 3 is 1.68 bits per heavy atom. The van der Waals surface area contributed by atoms with Crippen LogP contribution in [0.15, 0.2) is 199 Å². The molecule has 11 rings (SSSR count). The van der Waals surface area contributed by atoms with E-state index >= 15 is 0 Å². The summed E-state index contributed by atoms with van der Waals surface area (Å²) in [5.74, 6) is 0. The first-order chi connectivity index (χ1) is 27.7. The van der Waals surface area contributed by atoms with Crippen molar-refractivity contribution < 1.29 is 4.42 Å². The fraction of sp³-hybridized carbons (Fsp3) is 0. The van der Waals surface area contributed by atoms with Crippen LogP contribution in [0.3, 0.4) is 0 Å². The van der Waals surface area contributed by atoms with Gasteiger partial charge < -0.3 is 4.42 Å². The van der Waals surface area contributed by atoms with Crippen LogP contribution < -0.4 is 0 Å². The fourth-order valence-corrected chi connectivity index (χ4v) is 9.23. The molecule has 0 aliphatic rings. The lowest BCUT2D eigenvalue weighted by molar-refractivity contribution is 0.667. The van der Waals surface area contributed by atoms with E-state index in [9.17, 15) is 0 Å². The Balaban J connectivity index is 0.903. The van der Waals surface area contributed by atoms with E-state index in [0.717, 1.165) is 50.0 Å². The number of nitrogens with zero attached hydrogens (tertiary/aromatic N) is 2. The predicted octanol–water partition coefficient (Wildman–Crippen LogP) is 14.7.